The van der Waals surface area contributed by atoms with Crippen molar-refractivity contribution in [3.63, 3.8) is 0 Å². The van der Waals surface area contributed by atoms with Crippen LogP contribution in [0.5, 0.6) is 0 Å². The molecule has 0 atom stereocenters. The first-order valence-corrected chi connectivity index (χ1v) is 7.58. The van der Waals surface area contributed by atoms with Crippen LogP contribution in [-0.2, 0) is 17.9 Å². The standard InChI is InChI=1S/C19H17NO4/c1-14-6-8-15(9-7-14)18(21)19(22)20(12-16-4-2-10-23-16)13-17-5-3-11-24-17/h2-11H,12-13H2,1H3. The highest BCUT2D eigenvalue weighted by Crippen LogP contribution is 2.14. The maximum absolute atomic E-state index is 12.7. The second kappa shape index (κ2) is 7.00. The zero-order chi connectivity index (χ0) is 16.9. The van der Waals surface area contributed by atoms with Gasteiger partial charge in [-0.15, -0.1) is 0 Å². The molecular formula is C19H17NO4. The van der Waals surface area contributed by atoms with E-state index in [0.717, 1.165) is 5.56 Å². The highest BCUT2D eigenvalue weighted by atomic mass is 16.3. The highest BCUT2D eigenvalue weighted by molar-refractivity contribution is 6.42. The fourth-order valence-electron chi connectivity index (χ4n) is 2.35. The number of ketones is 1. The summed E-state index contributed by atoms with van der Waals surface area (Å²) in [5.41, 5.74) is 1.40. The molecule has 0 aliphatic carbocycles. The summed E-state index contributed by atoms with van der Waals surface area (Å²) in [6.07, 6.45) is 3.07. The number of amides is 1. The fraction of sp³-hybridized carbons (Fsp3) is 0.158. The van der Waals surface area contributed by atoms with Gasteiger partial charge in [0, 0.05) is 5.56 Å². The van der Waals surface area contributed by atoms with Crippen molar-refractivity contribution >= 4 is 11.7 Å². The number of Topliss-reactive ketones (excluding diaryl/α,β-unsaturated/α-hetero) is 1. The minimum Gasteiger partial charge on any atom is -0.467 e. The van der Waals surface area contributed by atoms with Gasteiger partial charge in [-0.05, 0) is 31.2 Å². The van der Waals surface area contributed by atoms with E-state index in [0.29, 0.717) is 17.1 Å². The van der Waals surface area contributed by atoms with Crippen LogP contribution in [0.1, 0.15) is 27.4 Å². The number of nitrogens with zero attached hydrogens (tertiary/aromatic N) is 1. The Morgan fingerprint density at radius 1 is 0.875 bits per heavy atom. The number of aryl methyl sites for hydroxylation is 1. The van der Waals surface area contributed by atoms with Crippen molar-refractivity contribution in [1.29, 1.82) is 0 Å². The molecule has 5 heteroatoms. The Hall–Kier alpha value is -3.08. The first-order valence-electron chi connectivity index (χ1n) is 7.58. The first-order chi connectivity index (χ1) is 11.6. The van der Waals surface area contributed by atoms with Crippen LogP contribution in [0.3, 0.4) is 0 Å². The van der Waals surface area contributed by atoms with Gasteiger partial charge in [0.2, 0.25) is 5.78 Å². The van der Waals surface area contributed by atoms with Crippen molar-refractivity contribution in [2.24, 2.45) is 0 Å². The summed E-state index contributed by atoms with van der Waals surface area (Å²) in [5, 5.41) is 0. The lowest BCUT2D eigenvalue weighted by atomic mass is 10.1. The van der Waals surface area contributed by atoms with Gasteiger partial charge in [-0.3, -0.25) is 9.59 Å². The zero-order valence-corrected chi connectivity index (χ0v) is 13.3. The fourth-order valence-corrected chi connectivity index (χ4v) is 2.35. The molecule has 0 aliphatic rings. The Labute approximate surface area is 139 Å². The molecule has 24 heavy (non-hydrogen) atoms. The second-order valence-electron chi connectivity index (χ2n) is 5.52. The maximum Gasteiger partial charge on any atom is 0.295 e. The van der Waals surface area contributed by atoms with Crippen LogP contribution in [0.4, 0.5) is 0 Å². The first kappa shape index (κ1) is 15.8. The van der Waals surface area contributed by atoms with Crippen molar-refractivity contribution in [2.45, 2.75) is 20.0 Å². The summed E-state index contributed by atoms with van der Waals surface area (Å²) in [6, 6.07) is 14.0. The quantitative estimate of drug-likeness (QED) is 0.514. The van der Waals surface area contributed by atoms with E-state index in [1.165, 1.54) is 17.4 Å². The van der Waals surface area contributed by atoms with Gasteiger partial charge in [0.05, 0.1) is 25.6 Å². The van der Waals surface area contributed by atoms with E-state index >= 15 is 0 Å². The molecule has 0 N–H and O–H groups in total. The van der Waals surface area contributed by atoms with Crippen LogP contribution < -0.4 is 0 Å². The number of benzene rings is 1. The van der Waals surface area contributed by atoms with Crippen molar-refractivity contribution in [2.75, 3.05) is 0 Å². The van der Waals surface area contributed by atoms with Gasteiger partial charge >= 0.3 is 0 Å². The molecule has 0 spiro atoms. The third-order valence-corrected chi connectivity index (χ3v) is 3.65. The molecule has 3 aromatic rings. The molecule has 1 aromatic carbocycles. The predicted octanol–water partition coefficient (Wildman–Crippen LogP) is 3.59. The molecule has 2 aromatic heterocycles. The molecule has 0 unspecified atom stereocenters. The largest absolute Gasteiger partial charge is 0.467 e. The molecule has 2 heterocycles. The lowest BCUT2D eigenvalue weighted by Gasteiger charge is -2.19. The molecule has 0 saturated carbocycles. The Bertz CT molecular complexity index is 765. The molecule has 0 radical (unpaired) electrons. The van der Waals surface area contributed by atoms with Crippen molar-refractivity contribution in [1.82, 2.24) is 4.90 Å². The molecular weight excluding hydrogens is 306 g/mol. The SMILES string of the molecule is Cc1ccc(C(=O)C(=O)N(Cc2ccco2)Cc2ccco2)cc1. The molecule has 0 saturated heterocycles. The average Bonchev–Trinajstić information content (AvgIpc) is 3.27. The van der Waals surface area contributed by atoms with Crippen molar-refractivity contribution < 1.29 is 18.4 Å². The van der Waals surface area contributed by atoms with E-state index in [-0.39, 0.29) is 13.1 Å². The van der Waals surface area contributed by atoms with Crippen LogP contribution in [0.2, 0.25) is 0 Å². The van der Waals surface area contributed by atoms with Gasteiger partial charge in [-0.25, -0.2) is 0 Å². The van der Waals surface area contributed by atoms with Crippen LogP contribution in [0.25, 0.3) is 0 Å². The van der Waals surface area contributed by atoms with Crippen molar-refractivity contribution in [3.8, 4) is 0 Å². The monoisotopic (exact) mass is 323 g/mol. The topological polar surface area (TPSA) is 63.7 Å². The maximum atomic E-state index is 12.7. The minimum atomic E-state index is -0.591. The lowest BCUT2D eigenvalue weighted by Crippen LogP contribution is -2.35. The Balaban J connectivity index is 1.81. The van der Waals surface area contributed by atoms with Gasteiger partial charge in [0.25, 0.3) is 5.91 Å². The number of carbonyl (C=O) groups is 2. The summed E-state index contributed by atoms with van der Waals surface area (Å²) in [7, 11) is 0. The van der Waals surface area contributed by atoms with E-state index in [1.54, 1.807) is 36.4 Å². The molecule has 0 aliphatic heterocycles. The predicted molar refractivity (Wildman–Crippen MR) is 87.2 cm³/mol. The third kappa shape index (κ3) is 3.63. The van der Waals surface area contributed by atoms with Gasteiger partial charge in [0.15, 0.2) is 0 Å². The van der Waals surface area contributed by atoms with Gasteiger partial charge in [-0.1, -0.05) is 29.8 Å². The van der Waals surface area contributed by atoms with E-state index in [4.69, 9.17) is 8.83 Å². The number of rotatable bonds is 6. The van der Waals surface area contributed by atoms with Crippen molar-refractivity contribution in [3.05, 3.63) is 83.7 Å². The molecule has 0 bridgehead atoms. The highest BCUT2D eigenvalue weighted by Gasteiger charge is 2.25. The minimum absolute atomic E-state index is 0.199. The van der Waals surface area contributed by atoms with E-state index in [9.17, 15) is 9.59 Å². The normalized spacial score (nSPS) is 10.5. The van der Waals surface area contributed by atoms with Gasteiger partial charge < -0.3 is 13.7 Å². The van der Waals surface area contributed by atoms with Crippen LogP contribution in [-0.4, -0.2) is 16.6 Å². The van der Waals surface area contributed by atoms with Crippen LogP contribution in [0.15, 0.2) is 69.9 Å². The number of hydrogen-bond acceptors (Lipinski definition) is 4. The number of carbonyl (C=O) groups excluding carboxylic acids is 2. The molecule has 122 valence electrons. The van der Waals surface area contributed by atoms with Gasteiger partial charge in [0.1, 0.15) is 11.5 Å². The van der Waals surface area contributed by atoms with Crippen LogP contribution >= 0.6 is 0 Å². The molecule has 5 nitrogen and oxygen atoms in total. The molecule has 1 amide bonds. The van der Waals surface area contributed by atoms with Gasteiger partial charge in [-0.2, -0.15) is 0 Å². The Morgan fingerprint density at radius 2 is 1.42 bits per heavy atom. The van der Waals surface area contributed by atoms with E-state index in [2.05, 4.69) is 0 Å². The summed E-state index contributed by atoms with van der Waals surface area (Å²) in [5.74, 6) is 0.0676. The lowest BCUT2D eigenvalue weighted by molar-refractivity contribution is -0.128. The smallest absolute Gasteiger partial charge is 0.295 e. The number of hydrogen-bond donors (Lipinski definition) is 0. The Morgan fingerprint density at radius 3 is 1.88 bits per heavy atom. The average molecular weight is 323 g/mol. The molecule has 0 fully saturated rings. The summed E-state index contributed by atoms with van der Waals surface area (Å²) >= 11 is 0. The summed E-state index contributed by atoms with van der Waals surface area (Å²) in [6.45, 7) is 2.32. The Kier molecular flexibility index (Phi) is 4.61. The third-order valence-electron chi connectivity index (χ3n) is 3.65. The van der Waals surface area contributed by atoms with E-state index in [1.807, 2.05) is 19.1 Å². The second-order valence-corrected chi connectivity index (χ2v) is 5.52. The summed E-state index contributed by atoms with van der Waals surface area (Å²) in [4.78, 5) is 26.6. The summed E-state index contributed by atoms with van der Waals surface area (Å²) < 4.78 is 10.6. The number of furan rings is 2. The van der Waals surface area contributed by atoms with E-state index < -0.39 is 11.7 Å². The molecule has 3 rings (SSSR count). The van der Waals surface area contributed by atoms with Crippen LogP contribution in [0, 0.1) is 6.92 Å². The zero-order valence-electron chi connectivity index (χ0n) is 13.3.